The molecule has 23 heavy (non-hydrogen) atoms. The van der Waals surface area contributed by atoms with Crippen LogP contribution in [0.2, 0.25) is 0 Å². The van der Waals surface area contributed by atoms with E-state index in [1.165, 1.54) is 12.3 Å². The predicted octanol–water partition coefficient (Wildman–Crippen LogP) is 0.884. The van der Waals surface area contributed by atoms with Crippen LogP contribution < -0.4 is 10.2 Å². The summed E-state index contributed by atoms with van der Waals surface area (Å²) in [5.74, 6) is 0.872. The number of nitro groups is 1. The molecule has 0 aliphatic carbocycles. The van der Waals surface area contributed by atoms with E-state index in [1.807, 2.05) is 19.0 Å². The summed E-state index contributed by atoms with van der Waals surface area (Å²) in [7, 11) is 3.95. The van der Waals surface area contributed by atoms with Gasteiger partial charge in [0, 0.05) is 38.2 Å². The molecule has 8 heteroatoms. The van der Waals surface area contributed by atoms with Gasteiger partial charge >= 0.3 is 0 Å². The van der Waals surface area contributed by atoms with Crippen LogP contribution in [-0.4, -0.2) is 61.0 Å². The van der Waals surface area contributed by atoms with E-state index in [9.17, 15) is 14.9 Å². The minimum atomic E-state index is -0.457. The molecule has 126 valence electrons. The zero-order valence-corrected chi connectivity index (χ0v) is 13.6. The lowest BCUT2D eigenvalue weighted by Crippen LogP contribution is -2.42. The van der Waals surface area contributed by atoms with Gasteiger partial charge in [-0.3, -0.25) is 14.9 Å². The Hall–Kier alpha value is -2.22. The Bertz CT molecular complexity index is 539. The number of nitrogens with one attached hydrogen (secondary N) is 1. The first-order chi connectivity index (χ1) is 11.0. The summed E-state index contributed by atoms with van der Waals surface area (Å²) in [5, 5.41) is 13.6. The van der Waals surface area contributed by atoms with E-state index in [0.717, 1.165) is 38.3 Å². The fraction of sp³-hybridized carbons (Fsp3) is 0.600. The number of nitrogens with zero attached hydrogens (tertiary/aromatic N) is 4. The van der Waals surface area contributed by atoms with Gasteiger partial charge in [-0.2, -0.15) is 0 Å². The maximum atomic E-state index is 12.1. The monoisotopic (exact) mass is 321 g/mol. The van der Waals surface area contributed by atoms with Crippen molar-refractivity contribution in [2.75, 3.05) is 45.2 Å². The average molecular weight is 321 g/mol. The molecule has 0 spiro atoms. The lowest BCUT2D eigenvalue weighted by Gasteiger charge is -2.32. The molecule has 0 atom stereocenters. The Balaban J connectivity index is 1.81. The molecular formula is C15H23N5O3. The number of aromatic nitrogens is 1. The Kier molecular flexibility index (Phi) is 5.86. The zero-order valence-electron chi connectivity index (χ0n) is 13.6. The van der Waals surface area contributed by atoms with E-state index in [4.69, 9.17) is 0 Å². The third-order valence-corrected chi connectivity index (χ3v) is 3.99. The minimum absolute atomic E-state index is 0.0103. The second-order valence-corrected chi connectivity index (χ2v) is 5.99. The van der Waals surface area contributed by atoms with Crippen LogP contribution in [0.3, 0.4) is 0 Å². The second kappa shape index (κ2) is 7.87. The van der Waals surface area contributed by atoms with Gasteiger partial charge in [-0.15, -0.1) is 0 Å². The number of rotatable bonds is 6. The fourth-order valence-electron chi connectivity index (χ4n) is 2.59. The van der Waals surface area contributed by atoms with Gasteiger partial charge < -0.3 is 15.1 Å². The van der Waals surface area contributed by atoms with Gasteiger partial charge in [-0.05, 0) is 33.0 Å². The Morgan fingerprint density at radius 1 is 1.43 bits per heavy atom. The summed E-state index contributed by atoms with van der Waals surface area (Å²) >= 11 is 0. The van der Waals surface area contributed by atoms with Gasteiger partial charge in [0.1, 0.15) is 12.0 Å². The normalized spacial score (nSPS) is 15.7. The van der Waals surface area contributed by atoms with Crippen molar-refractivity contribution in [2.45, 2.75) is 12.8 Å². The Morgan fingerprint density at radius 2 is 2.13 bits per heavy atom. The molecule has 1 aliphatic heterocycles. The van der Waals surface area contributed by atoms with Crippen molar-refractivity contribution in [3.05, 3.63) is 28.4 Å². The summed E-state index contributed by atoms with van der Waals surface area (Å²) in [5.41, 5.74) is -0.0103. The van der Waals surface area contributed by atoms with Crippen molar-refractivity contribution in [3.63, 3.8) is 0 Å². The first-order valence-corrected chi connectivity index (χ1v) is 7.75. The predicted molar refractivity (Wildman–Crippen MR) is 87.4 cm³/mol. The number of hydrogen-bond donors (Lipinski definition) is 1. The highest BCUT2D eigenvalue weighted by atomic mass is 16.6. The van der Waals surface area contributed by atoms with Crippen LogP contribution in [0.1, 0.15) is 12.8 Å². The van der Waals surface area contributed by atoms with Crippen molar-refractivity contribution in [3.8, 4) is 0 Å². The van der Waals surface area contributed by atoms with Crippen LogP contribution in [-0.2, 0) is 4.79 Å². The highest BCUT2D eigenvalue weighted by Crippen LogP contribution is 2.23. The third-order valence-electron chi connectivity index (χ3n) is 3.99. The van der Waals surface area contributed by atoms with Crippen molar-refractivity contribution in [1.29, 1.82) is 0 Å². The molecule has 1 amide bonds. The highest BCUT2D eigenvalue weighted by molar-refractivity contribution is 5.78. The van der Waals surface area contributed by atoms with Gasteiger partial charge in [0.15, 0.2) is 0 Å². The van der Waals surface area contributed by atoms with Crippen molar-refractivity contribution in [2.24, 2.45) is 5.92 Å². The molecule has 0 radical (unpaired) electrons. The number of amides is 1. The van der Waals surface area contributed by atoms with Crippen LogP contribution in [0.15, 0.2) is 18.3 Å². The summed E-state index contributed by atoms with van der Waals surface area (Å²) in [6.45, 7) is 2.96. The smallest absolute Gasteiger partial charge is 0.287 e. The third kappa shape index (κ3) is 4.88. The SMILES string of the molecule is CN(C)CCNC(=O)C1CCN(c2ccc([N+](=O)[O-])cn2)CC1. The van der Waals surface area contributed by atoms with E-state index in [1.54, 1.807) is 6.07 Å². The number of hydrogen-bond acceptors (Lipinski definition) is 6. The van der Waals surface area contributed by atoms with Crippen LogP contribution in [0, 0.1) is 16.0 Å². The molecule has 2 heterocycles. The number of carbonyl (C=O) groups excluding carboxylic acids is 1. The van der Waals surface area contributed by atoms with Crippen LogP contribution in [0.4, 0.5) is 11.5 Å². The molecule has 0 aromatic carbocycles. The van der Waals surface area contributed by atoms with E-state index in [0.29, 0.717) is 6.54 Å². The summed E-state index contributed by atoms with van der Waals surface area (Å²) in [6, 6.07) is 3.12. The molecule has 1 N–H and O–H groups in total. The van der Waals surface area contributed by atoms with E-state index in [-0.39, 0.29) is 17.5 Å². The van der Waals surface area contributed by atoms with E-state index >= 15 is 0 Å². The van der Waals surface area contributed by atoms with Crippen LogP contribution >= 0.6 is 0 Å². The number of anilines is 1. The average Bonchev–Trinajstić information content (AvgIpc) is 2.54. The van der Waals surface area contributed by atoms with Gasteiger partial charge in [0.05, 0.1) is 4.92 Å². The summed E-state index contributed by atoms with van der Waals surface area (Å²) in [6.07, 6.45) is 2.81. The molecule has 0 unspecified atom stereocenters. The van der Waals surface area contributed by atoms with Gasteiger partial charge in [0.2, 0.25) is 5.91 Å². The largest absolute Gasteiger partial charge is 0.357 e. The number of piperidine rings is 1. The molecule has 1 fully saturated rings. The topological polar surface area (TPSA) is 91.6 Å². The fourth-order valence-corrected chi connectivity index (χ4v) is 2.59. The minimum Gasteiger partial charge on any atom is -0.357 e. The number of carbonyl (C=O) groups is 1. The maximum Gasteiger partial charge on any atom is 0.287 e. The molecule has 8 nitrogen and oxygen atoms in total. The van der Waals surface area contributed by atoms with Crippen molar-refractivity contribution in [1.82, 2.24) is 15.2 Å². The molecule has 0 saturated carbocycles. The lowest BCUT2D eigenvalue weighted by molar-refractivity contribution is -0.385. The van der Waals surface area contributed by atoms with Crippen molar-refractivity contribution < 1.29 is 9.72 Å². The standard InChI is InChI=1S/C15H23N5O3/c1-18(2)10-7-16-15(21)12-5-8-19(9-6-12)14-4-3-13(11-17-14)20(22)23/h3-4,11-12H,5-10H2,1-2H3,(H,16,21). The van der Waals surface area contributed by atoms with Crippen LogP contribution in [0.25, 0.3) is 0 Å². The molecule has 1 saturated heterocycles. The Labute approximate surface area is 135 Å². The van der Waals surface area contributed by atoms with Crippen molar-refractivity contribution >= 4 is 17.4 Å². The number of likely N-dealkylation sites (N-methyl/N-ethyl adjacent to an activating group) is 1. The van der Waals surface area contributed by atoms with E-state index in [2.05, 4.69) is 15.2 Å². The first-order valence-electron chi connectivity index (χ1n) is 7.75. The molecule has 0 bridgehead atoms. The van der Waals surface area contributed by atoms with E-state index < -0.39 is 4.92 Å². The summed E-state index contributed by atoms with van der Waals surface area (Å²) in [4.78, 5) is 30.5. The first kappa shape index (κ1) is 17.1. The Morgan fingerprint density at radius 3 is 2.65 bits per heavy atom. The second-order valence-electron chi connectivity index (χ2n) is 5.99. The zero-order chi connectivity index (χ0) is 16.8. The summed E-state index contributed by atoms with van der Waals surface area (Å²) < 4.78 is 0. The highest BCUT2D eigenvalue weighted by Gasteiger charge is 2.25. The lowest BCUT2D eigenvalue weighted by atomic mass is 9.96. The molecule has 1 aromatic rings. The molecule has 2 rings (SSSR count). The molecular weight excluding hydrogens is 298 g/mol. The maximum absolute atomic E-state index is 12.1. The molecule has 1 aromatic heterocycles. The molecule has 1 aliphatic rings. The quantitative estimate of drug-likeness (QED) is 0.618. The van der Waals surface area contributed by atoms with Gasteiger partial charge in [0.25, 0.3) is 5.69 Å². The van der Waals surface area contributed by atoms with Crippen LogP contribution in [0.5, 0.6) is 0 Å². The number of pyridine rings is 1. The van der Waals surface area contributed by atoms with Gasteiger partial charge in [-0.1, -0.05) is 0 Å². The van der Waals surface area contributed by atoms with Gasteiger partial charge in [-0.25, -0.2) is 4.98 Å².